The van der Waals surface area contributed by atoms with Gasteiger partial charge >= 0.3 is 12.1 Å². The van der Waals surface area contributed by atoms with E-state index in [-0.39, 0.29) is 18.9 Å². The highest BCUT2D eigenvalue weighted by molar-refractivity contribution is 5.83. The van der Waals surface area contributed by atoms with Gasteiger partial charge in [-0.2, -0.15) is 0 Å². The third-order valence-corrected chi connectivity index (χ3v) is 7.28. The van der Waals surface area contributed by atoms with E-state index in [0.29, 0.717) is 19.6 Å². The largest absolute Gasteiger partial charge is 0.480 e. The zero-order chi connectivity index (χ0) is 25.7. The van der Waals surface area contributed by atoms with E-state index in [1.165, 1.54) is 0 Å². The number of benzene rings is 2. The Kier molecular flexibility index (Phi) is 7.79. The first-order valence-electron chi connectivity index (χ1n) is 12.2. The number of para-hydroxylation sites is 2. The number of carbonyl (C=O) groups is 3. The molecule has 9 nitrogen and oxygen atoms in total. The molecular weight excluding hydrogens is 464 g/mol. The van der Waals surface area contributed by atoms with E-state index in [4.69, 9.17) is 9.47 Å². The standard InChI is InChI=1S/C27H32N2O7/c1-35-15-7-6-14-27(19-8-2-4-10-22(19)36-23-11-5-3-9-20(23)27)17-28-24(30)18-12-13-21(25(31)32)29(16-18)26(33)34/h2-5,8-11,18,21H,6-7,12-17H2,1H3,(H,28,30)(H,31,32)(H,33,34). The highest BCUT2D eigenvalue weighted by Crippen LogP contribution is 2.50. The van der Waals surface area contributed by atoms with Crippen molar-refractivity contribution in [1.82, 2.24) is 10.2 Å². The fraction of sp³-hybridized carbons (Fsp3) is 0.444. The van der Waals surface area contributed by atoms with E-state index in [1.54, 1.807) is 7.11 Å². The molecule has 0 bridgehead atoms. The maximum absolute atomic E-state index is 13.3. The third-order valence-electron chi connectivity index (χ3n) is 7.28. The molecule has 4 rings (SSSR count). The van der Waals surface area contributed by atoms with Crippen molar-refractivity contribution in [2.45, 2.75) is 43.6 Å². The molecule has 2 aromatic carbocycles. The topological polar surface area (TPSA) is 125 Å². The summed E-state index contributed by atoms with van der Waals surface area (Å²) in [5.41, 5.74) is 1.44. The molecule has 2 amide bonds. The second-order valence-corrected chi connectivity index (χ2v) is 9.41. The Morgan fingerprint density at radius 1 is 1.03 bits per heavy atom. The number of carboxylic acids is 1. The number of aliphatic carboxylic acids is 1. The van der Waals surface area contributed by atoms with Gasteiger partial charge in [-0.1, -0.05) is 36.4 Å². The van der Waals surface area contributed by atoms with Crippen molar-refractivity contribution in [3.05, 3.63) is 59.7 Å². The normalized spacial score (nSPS) is 20.0. The van der Waals surface area contributed by atoms with Gasteiger partial charge in [-0.25, -0.2) is 9.59 Å². The second kappa shape index (κ2) is 11.0. The number of carbonyl (C=O) groups excluding carboxylic acids is 1. The minimum atomic E-state index is -1.33. The average Bonchev–Trinajstić information content (AvgIpc) is 2.89. The molecule has 3 N–H and O–H groups in total. The van der Waals surface area contributed by atoms with Crippen molar-refractivity contribution in [2.75, 3.05) is 26.8 Å². The van der Waals surface area contributed by atoms with Crippen LogP contribution in [0.3, 0.4) is 0 Å². The molecule has 2 aliphatic rings. The van der Waals surface area contributed by atoms with Gasteiger partial charge in [0.15, 0.2) is 0 Å². The van der Waals surface area contributed by atoms with Gasteiger partial charge in [-0.15, -0.1) is 0 Å². The lowest BCUT2D eigenvalue weighted by Crippen LogP contribution is -2.54. The first-order valence-corrected chi connectivity index (χ1v) is 12.2. The van der Waals surface area contributed by atoms with Gasteiger partial charge in [-0.05, 0) is 44.2 Å². The van der Waals surface area contributed by atoms with Crippen molar-refractivity contribution < 1.29 is 34.1 Å². The molecule has 0 aliphatic carbocycles. The molecule has 2 unspecified atom stereocenters. The van der Waals surface area contributed by atoms with Crippen LogP contribution in [0.25, 0.3) is 0 Å². The average molecular weight is 497 g/mol. The van der Waals surface area contributed by atoms with Crippen LogP contribution in [0.15, 0.2) is 48.5 Å². The van der Waals surface area contributed by atoms with Gasteiger partial charge in [0.2, 0.25) is 5.91 Å². The lowest BCUT2D eigenvalue weighted by molar-refractivity contribution is -0.145. The summed E-state index contributed by atoms with van der Waals surface area (Å²) in [6, 6.07) is 14.5. The van der Waals surface area contributed by atoms with Gasteiger partial charge in [0.25, 0.3) is 0 Å². The van der Waals surface area contributed by atoms with Crippen molar-refractivity contribution in [3.63, 3.8) is 0 Å². The van der Waals surface area contributed by atoms with Crippen LogP contribution in [0.2, 0.25) is 0 Å². The number of unbranched alkanes of at least 4 members (excludes halogenated alkanes) is 1. The number of fused-ring (bicyclic) bond motifs is 2. The Hall–Kier alpha value is -3.59. The van der Waals surface area contributed by atoms with Crippen LogP contribution in [0, 0.1) is 5.92 Å². The lowest BCUT2D eigenvalue weighted by atomic mass is 9.69. The van der Waals surface area contributed by atoms with E-state index in [1.807, 2.05) is 48.5 Å². The SMILES string of the molecule is COCCCCC1(CNC(=O)C2CCC(C(=O)O)N(C(=O)O)C2)c2ccccc2Oc2ccccc21. The molecule has 192 valence electrons. The van der Waals surface area contributed by atoms with Crippen LogP contribution in [0.4, 0.5) is 4.79 Å². The smallest absolute Gasteiger partial charge is 0.408 e. The number of amides is 2. The van der Waals surface area contributed by atoms with E-state index in [0.717, 1.165) is 46.8 Å². The van der Waals surface area contributed by atoms with Crippen molar-refractivity contribution in [3.8, 4) is 11.5 Å². The molecule has 0 aromatic heterocycles. The summed E-state index contributed by atoms with van der Waals surface area (Å²) in [7, 11) is 1.68. The minimum absolute atomic E-state index is 0.0986. The second-order valence-electron chi connectivity index (χ2n) is 9.41. The molecule has 36 heavy (non-hydrogen) atoms. The van der Waals surface area contributed by atoms with Crippen LogP contribution in [-0.4, -0.2) is 65.9 Å². The fourth-order valence-electron chi connectivity index (χ4n) is 5.42. The van der Waals surface area contributed by atoms with Crippen molar-refractivity contribution in [1.29, 1.82) is 0 Å². The molecule has 1 saturated heterocycles. The zero-order valence-corrected chi connectivity index (χ0v) is 20.3. The summed E-state index contributed by atoms with van der Waals surface area (Å²) in [5, 5.41) is 22.0. The zero-order valence-electron chi connectivity index (χ0n) is 20.3. The summed E-state index contributed by atoms with van der Waals surface area (Å²) in [6.07, 6.45) is 1.56. The van der Waals surface area contributed by atoms with Crippen LogP contribution in [0.5, 0.6) is 11.5 Å². The number of carboxylic acid groups (broad SMARTS) is 2. The Labute approximate surface area is 210 Å². The van der Waals surface area contributed by atoms with Crippen LogP contribution in [-0.2, 0) is 19.7 Å². The van der Waals surface area contributed by atoms with Crippen molar-refractivity contribution >= 4 is 18.0 Å². The molecule has 0 spiro atoms. The van der Waals surface area contributed by atoms with Gasteiger partial charge in [-0.3, -0.25) is 9.69 Å². The summed E-state index contributed by atoms with van der Waals surface area (Å²) in [4.78, 5) is 37.3. The van der Waals surface area contributed by atoms with Gasteiger partial charge < -0.3 is 25.0 Å². The summed E-state index contributed by atoms with van der Waals surface area (Å²) < 4.78 is 11.4. The van der Waals surface area contributed by atoms with E-state index < -0.39 is 29.4 Å². The summed E-state index contributed by atoms with van der Waals surface area (Å²) in [5.74, 6) is -0.593. The van der Waals surface area contributed by atoms with Gasteiger partial charge in [0.05, 0.1) is 5.92 Å². The number of rotatable bonds is 9. The molecular formula is C27H32N2O7. The Bertz CT molecular complexity index is 1070. The number of hydrogen-bond donors (Lipinski definition) is 3. The van der Waals surface area contributed by atoms with Crippen LogP contribution < -0.4 is 10.1 Å². The maximum Gasteiger partial charge on any atom is 0.408 e. The van der Waals surface area contributed by atoms with Crippen molar-refractivity contribution in [2.24, 2.45) is 5.92 Å². The molecule has 0 radical (unpaired) electrons. The number of methoxy groups -OCH3 is 1. The van der Waals surface area contributed by atoms with Gasteiger partial charge in [0.1, 0.15) is 17.5 Å². The highest BCUT2D eigenvalue weighted by atomic mass is 16.5. The number of nitrogens with one attached hydrogen (secondary N) is 1. The Morgan fingerprint density at radius 3 is 2.25 bits per heavy atom. The molecule has 2 aliphatic heterocycles. The third kappa shape index (κ3) is 5.02. The van der Waals surface area contributed by atoms with Crippen LogP contribution >= 0.6 is 0 Å². The predicted octanol–water partition coefficient (Wildman–Crippen LogP) is 3.85. The fourth-order valence-corrected chi connectivity index (χ4v) is 5.42. The minimum Gasteiger partial charge on any atom is -0.480 e. The predicted molar refractivity (Wildman–Crippen MR) is 131 cm³/mol. The number of hydrogen-bond acceptors (Lipinski definition) is 5. The van der Waals surface area contributed by atoms with E-state index in [9.17, 15) is 24.6 Å². The Balaban J connectivity index is 1.60. The maximum atomic E-state index is 13.3. The number of piperidine rings is 1. The Morgan fingerprint density at radius 2 is 1.67 bits per heavy atom. The number of ether oxygens (including phenoxy) is 2. The van der Waals surface area contributed by atoms with Gasteiger partial charge in [0, 0.05) is 43.3 Å². The van der Waals surface area contributed by atoms with Crippen LogP contribution in [0.1, 0.15) is 43.2 Å². The number of nitrogens with zero attached hydrogens (tertiary/aromatic N) is 1. The van der Waals surface area contributed by atoms with E-state index >= 15 is 0 Å². The quantitative estimate of drug-likeness (QED) is 0.450. The monoisotopic (exact) mass is 496 g/mol. The molecule has 0 saturated carbocycles. The molecule has 2 heterocycles. The summed E-state index contributed by atoms with van der Waals surface area (Å²) >= 11 is 0. The molecule has 2 atom stereocenters. The first kappa shape index (κ1) is 25.5. The molecule has 9 heteroatoms. The lowest BCUT2D eigenvalue weighted by Gasteiger charge is -2.41. The summed E-state index contributed by atoms with van der Waals surface area (Å²) in [6.45, 7) is 0.803. The first-order chi connectivity index (χ1) is 17.4. The van der Waals surface area contributed by atoms with E-state index in [2.05, 4.69) is 5.32 Å². The number of likely N-dealkylation sites (tertiary alicyclic amines) is 1. The highest BCUT2D eigenvalue weighted by Gasteiger charge is 2.43. The molecule has 1 fully saturated rings. The molecule has 2 aromatic rings.